The predicted molar refractivity (Wildman–Crippen MR) is 103 cm³/mol. The molecule has 2 amide bonds. The summed E-state index contributed by atoms with van der Waals surface area (Å²) in [7, 11) is 0.574. The summed E-state index contributed by atoms with van der Waals surface area (Å²) in [5, 5.41) is 2.64. The normalized spacial score (nSPS) is 11.1. The van der Waals surface area contributed by atoms with E-state index in [0.717, 1.165) is 4.31 Å². The first-order valence-corrected chi connectivity index (χ1v) is 9.52. The van der Waals surface area contributed by atoms with Crippen molar-refractivity contribution in [2.75, 3.05) is 33.1 Å². The van der Waals surface area contributed by atoms with Gasteiger partial charge in [0, 0.05) is 19.7 Å². The quantitative estimate of drug-likeness (QED) is 0.673. The lowest BCUT2D eigenvalue weighted by Crippen LogP contribution is -2.22. The van der Waals surface area contributed by atoms with Gasteiger partial charge in [-0.15, -0.1) is 0 Å². The highest BCUT2D eigenvalue weighted by Crippen LogP contribution is 2.29. The summed E-state index contributed by atoms with van der Waals surface area (Å²) in [6, 6.07) is 10.2. The van der Waals surface area contributed by atoms with Crippen molar-refractivity contribution in [3.63, 3.8) is 0 Å². The molecule has 0 atom stereocenters. The minimum Gasteiger partial charge on any atom is -0.495 e. The van der Waals surface area contributed by atoms with Crippen LogP contribution in [-0.4, -0.2) is 52.3 Å². The van der Waals surface area contributed by atoms with Crippen molar-refractivity contribution in [2.24, 2.45) is 5.73 Å². The number of rotatable bonds is 8. The molecule has 0 fully saturated rings. The lowest BCUT2D eigenvalue weighted by atomic mass is 10.2. The summed E-state index contributed by atoms with van der Waals surface area (Å²) in [4.78, 5) is 23.3. The number of benzene rings is 2. The third kappa shape index (κ3) is 4.99. The van der Waals surface area contributed by atoms with Crippen LogP contribution in [0.3, 0.4) is 0 Å². The Hall–Kier alpha value is -3.11. The Kier molecular flexibility index (Phi) is 6.60. The lowest BCUT2D eigenvalue weighted by molar-refractivity contribution is -0.119. The second-order valence-corrected chi connectivity index (χ2v) is 8.03. The van der Waals surface area contributed by atoms with E-state index in [1.165, 1.54) is 63.7 Å². The maximum Gasteiger partial charge on any atom is 0.255 e. The van der Waals surface area contributed by atoms with E-state index in [-0.39, 0.29) is 17.2 Å². The van der Waals surface area contributed by atoms with Gasteiger partial charge in [-0.05, 0) is 42.5 Å². The highest BCUT2D eigenvalue weighted by molar-refractivity contribution is 7.89. The molecule has 0 saturated carbocycles. The molecule has 2 aromatic carbocycles. The number of hydrogen-bond donors (Lipinski definition) is 2. The molecule has 0 aliphatic heterocycles. The second kappa shape index (κ2) is 8.72. The molecule has 0 bridgehead atoms. The van der Waals surface area contributed by atoms with Gasteiger partial charge in [0.15, 0.2) is 6.61 Å². The Morgan fingerprint density at radius 3 is 2.29 bits per heavy atom. The first-order chi connectivity index (χ1) is 13.1. The van der Waals surface area contributed by atoms with E-state index >= 15 is 0 Å². The SMILES string of the molecule is COc1ccc(S(=O)(=O)N(C)C)cc1NC(=O)c1ccc(OCC(N)=O)cc1. The molecule has 2 aromatic rings. The van der Waals surface area contributed by atoms with Crippen molar-refractivity contribution in [1.29, 1.82) is 0 Å². The van der Waals surface area contributed by atoms with Gasteiger partial charge in [-0.3, -0.25) is 9.59 Å². The molecule has 0 aliphatic carbocycles. The number of nitrogens with two attached hydrogens (primary N) is 1. The largest absolute Gasteiger partial charge is 0.495 e. The Morgan fingerprint density at radius 2 is 1.75 bits per heavy atom. The van der Waals surface area contributed by atoms with Gasteiger partial charge in [-0.2, -0.15) is 0 Å². The fraction of sp³-hybridized carbons (Fsp3) is 0.222. The summed E-state index contributed by atoms with van der Waals surface area (Å²) in [6.07, 6.45) is 0. The number of sulfonamides is 1. The van der Waals surface area contributed by atoms with Crippen molar-refractivity contribution >= 4 is 27.5 Å². The minimum atomic E-state index is -3.67. The van der Waals surface area contributed by atoms with Gasteiger partial charge < -0.3 is 20.5 Å². The molecule has 150 valence electrons. The molecule has 2 rings (SSSR count). The third-order valence-corrected chi connectivity index (χ3v) is 5.51. The number of anilines is 1. The zero-order valence-electron chi connectivity index (χ0n) is 15.6. The van der Waals surface area contributed by atoms with E-state index in [2.05, 4.69) is 5.32 Å². The number of hydrogen-bond acceptors (Lipinski definition) is 6. The van der Waals surface area contributed by atoms with E-state index in [1.54, 1.807) is 0 Å². The van der Waals surface area contributed by atoms with Gasteiger partial charge in [0.2, 0.25) is 10.0 Å². The van der Waals surface area contributed by atoms with E-state index in [9.17, 15) is 18.0 Å². The van der Waals surface area contributed by atoms with Crippen LogP contribution in [-0.2, 0) is 14.8 Å². The molecule has 3 N–H and O–H groups in total. The van der Waals surface area contributed by atoms with Gasteiger partial charge in [0.1, 0.15) is 11.5 Å². The maximum absolute atomic E-state index is 12.5. The number of nitrogens with one attached hydrogen (secondary N) is 1. The summed E-state index contributed by atoms with van der Waals surface area (Å²) in [5.41, 5.74) is 5.52. The zero-order valence-corrected chi connectivity index (χ0v) is 16.4. The maximum atomic E-state index is 12.5. The minimum absolute atomic E-state index is 0.0174. The zero-order chi connectivity index (χ0) is 20.9. The standard InChI is InChI=1S/C18H21N3O6S/c1-21(2)28(24,25)14-8-9-16(26-3)15(10-14)20-18(23)12-4-6-13(7-5-12)27-11-17(19)22/h4-10H,11H2,1-3H3,(H2,19,22)(H,20,23). The van der Waals surface area contributed by atoms with Crippen LogP contribution in [0, 0.1) is 0 Å². The Balaban J connectivity index is 2.24. The Morgan fingerprint density at radius 1 is 1.11 bits per heavy atom. The molecule has 0 aromatic heterocycles. The van der Waals surface area contributed by atoms with Crippen LogP contribution in [0.1, 0.15) is 10.4 Å². The summed E-state index contributed by atoms with van der Waals surface area (Å²) < 4.78 is 36.0. The fourth-order valence-electron chi connectivity index (χ4n) is 2.21. The number of methoxy groups -OCH3 is 1. The average Bonchev–Trinajstić information content (AvgIpc) is 2.66. The van der Waals surface area contributed by atoms with Crippen molar-refractivity contribution in [2.45, 2.75) is 4.90 Å². The van der Waals surface area contributed by atoms with Crippen molar-refractivity contribution < 1.29 is 27.5 Å². The molecule has 0 unspecified atom stereocenters. The molecule has 28 heavy (non-hydrogen) atoms. The van der Waals surface area contributed by atoms with Gasteiger partial charge in [-0.1, -0.05) is 0 Å². The van der Waals surface area contributed by atoms with Crippen LogP contribution >= 0.6 is 0 Å². The number of carbonyl (C=O) groups excluding carboxylic acids is 2. The number of amides is 2. The van der Waals surface area contributed by atoms with Crippen LogP contribution < -0.4 is 20.5 Å². The molecular weight excluding hydrogens is 386 g/mol. The molecule has 0 saturated heterocycles. The number of nitrogens with zero attached hydrogens (tertiary/aromatic N) is 1. The van der Waals surface area contributed by atoms with E-state index in [1.807, 2.05) is 0 Å². The van der Waals surface area contributed by atoms with Crippen molar-refractivity contribution in [3.05, 3.63) is 48.0 Å². The molecule has 10 heteroatoms. The van der Waals surface area contributed by atoms with E-state index < -0.39 is 21.8 Å². The van der Waals surface area contributed by atoms with E-state index in [0.29, 0.717) is 17.1 Å². The topological polar surface area (TPSA) is 128 Å². The molecule has 0 heterocycles. The van der Waals surface area contributed by atoms with Crippen molar-refractivity contribution in [3.8, 4) is 11.5 Å². The Bertz CT molecular complexity index is 971. The molecule has 0 spiro atoms. The molecule has 0 radical (unpaired) electrons. The van der Waals surface area contributed by atoms with Crippen LogP contribution in [0.4, 0.5) is 5.69 Å². The Labute approximate surface area is 163 Å². The number of primary amides is 1. The van der Waals surface area contributed by atoms with Gasteiger partial charge in [0.25, 0.3) is 11.8 Å². The first-order valence-electron chi connectivity index (χ1n) is 8.08. The summed E-state index contributed by atoms with van der Waals surface area (Å²) >= 11 is 0. The highest BCUT2D eigenvalue weighted by Gasteiger charge is 2.20. The van der Waals surface area contributed by atoms with Crippen molar-refractivity contribution in [1.82, 2.24) is 4.31 Å². The number of ether oxygens (including phenoxy) is 2. The summed E-state index contributed by atoms with van der Waals surface area (Å²) in [5.74, 6) is -0.389. The van der Waals surface area contributed by atoms with Gasteiger partial charge >= 0.3 is 0 Å². The monoisotopic (exact) mass is 407 g/mol. The molecule has 9 nitrogen and oxygen atoms in total. The van der Waals surface area contributed by atoms with Crippen LogP contribution in [0.2, 0.25) is 0 Å². The average molecular weight is 407 g/mol. The first kappa shape index (κ1) is 21.2. The molecular formula is C18H21N3O6S. The third-order valence-electron chi connectivity index (χ3n) is 3.70. The number of carbonyl (C=O) groups is 2. The lowest BCUT2D eigenvalue weighted by Gasteiger charge is -2.15. The predicted octanol–water partition coefficient (Wildman–Crippen LogP) is 1.06. The van der Waals surface area contributed by atoms with Gasteiger partial charge in [0.05, 0.1) is 17.7 Å². The highest BCUT2D eigenvalue weighted by atomic mass is 32.2. The van der Waals surface area contributed by atoms with E-state index in [4.69, 9.17) is 15.2 Å². The van der Waals surface area contributed by atoms with Crippen LogP contribution in [0.5, 0.6) is 11.5 Å². The smallest absolute Gasteiger partial charge is 0.255 e. The molecule has 0 aliphatic rings. The fourth-order valence-corrected chi connectivity index (χ4v) is 3.14. The second-order valence-electron chi connectivity index (χ2n) is 5.88. The van der Waals surface area contributed by atoms with Crippen LogP contribution in [0.25, 0.3) is 0 Å². The summed E-state index contributed by atoms with van der Waals surface area (Å²) in [6.45, 7) is -0.268. The van der Waals surface area contributed by atoms with Gasteiger partial charge in [-0.25, -0.2) is 12.7 Å². The van der Waals surface area contributed by atoms with Crippen LogP contribution in [0.15, 0.2) is 47.4 Å².